The second-order valence-corrected chi connectivity index (χ2v) is 6.18. The van der Waals surface area contributed by atoms with Gasteiger partial charge in [-0.2, -0.15) is 0 Å². The third-order valence-electron chi connectivity index (χ3n) is 3.61. The predicted octanol–water partition coefficient (Wildman–Crippen LogP) is 1.89. The van der Waals surface area contributed by atoms with Crippen molar-refractivity contribution in [2.24, 2.45) is 0 Å². The number of likely N-dealkylation sites (tertiary alicyclic amines) is 1. The van der Waals surface area contributed by atoms with Crippen LogP contribution in [0.25, 0.3) is 10.9 Å². The van der Waals surface area contributed by atoms with E-state index in [4.69, 9.17) is 14.3 Å². The maximum atomic E-state index is 11.1. The van der Waals surface area contributed by atoms with Crippen molar-refractivity contribution >= 4 is 18.7 Å². The lowest BCUT2D eigenvalue weighted by atomic mass is 10.1. The minimum atomic E-state index is -4.54. The number of nitrogens with zero attached hydrogens (tertiary/aromatic N) is 1. The molecule has 0 radical (unpaired) electrons. The van der Waals surface area contributed by atoms with Crippen LogP contribution in [0.1, 0.15) is 12.0 Å². The van der Waals surface area contributed by atoms with Gasteiger partial charge in [0.05, 0.1) is 0 Å². The van der Waals surface area contributed by atoms with Gasteiger partial charge >= 0.3 is 7.82 Å². The molecule has 0 aliphatic carbocycles. The molecule has 1 aromatic carbocycles. The summed E-state index contributed by atoms with van der Waals surface area (Å²) in [6.07, 6.45) is 3.97. The number of hydrogen-bond donors (Lipinski definition) is 3. The Morgan fingerprint density at radius 1 is 1.35 bits per heavy atom. The minimum Gasteiger partial charge on any atom is -0.404 e. The number of aromatic amines is 1. The molecule has 7 heteroatoms. The lowest BCUT2D eigenvalue weighted by molar-refractivity contribution is 0.184. The van der Waals surface area contributed by atoms with E-state index >= 15 is 0 Å². The van der Waals surface area contributed by atoms with Crippen LogP contribution in [0.15, 0.2) is 24.4 Å². The SMILES string of the molecule is O=P(O)(O)Oc1cccc2[nH]cc(CCN3CCC3)c12. The highest BCUT2D eigenvalue weighted by Crippen LogP contribution is 2.41. The summed E-state index contributed by atoms with van der Waals surface area (Å²) in [6.45, 7) is 3.22. The van der Waals surface area contributed by atoms with Crippen LogP contribution in [0.3, 0.4) is 0 Å². The Labute approximate surface area is 116 Å². The van der Waals surface area contributed by atoms with E-state index in [1.807, 2.05) is 12.3 Å². The topological polar surface area (TPSA) is 85.8 Å². The molecule has 1 aliphatic heterocycles. The summed E-state index contributed by atoms with van der Waals surface area (Å²) >= 11 is 0. The molecular weight excluding hydrogens is 279 g/mol. The van der Waals surface area contributed by atoms with E-state index in [0.717, 1.165) is 42.5 Å². The standard InChI is InChI=1S/C13H17N2O4P/c16-20(17,18)19-12-4-1-3-11-13(12)10(9-14-11)5-8-15-6-2-7-15/h1,3-4,9,14H,2,5-8H2,(H2,16,17,18). The molecule has 0 spiro atoms. The maximum absolute atomic E-state index is 11.1. The molecule has 108 valence electrons. The van der Waals surface area contributed by atoms with Crippen molar-refractivity contribution in [1.29, 1.82) is 0 Å². The fraction of sp³-hybridized carbons (Fsp3) is 0.385. The van der Waals surface area contributed by atoms with E-state index in [9.17, 15) is 4.57 Å². The van der Waals surface area contributed by atoms with Gasteiger partial charge in [-0.05, 0) is 43.6 Å². The van der Waals surface area contributed by atoms with Gasteiger partial charge in [0.15, 0.2) is 0 Å². The van der Waals surface area contributed by atoms with Gasteiger partial charge in [-0.1, -0.05) is 6.07 Å². The largest absolute Gasteiger partial charge is 0.524 e. The molecule has 1 fully saturated rings. The molecule has 1 aliphatic rings. The lowest BCUT2D eigenvalue weighted by Crippen LogP contribution is -2.38. The first-order chi connectivity index (χ1) is 9.53. The molecular formula is C13H17N2O4P. The van der Waals surface area contributed by atoms with Gasteiger partial charge in [0.25, 0.3) is 0 Å². The summed E-state index contributed by atoms with van der Waals surface area (Å²) in [4.78, 5) is 23.5. The molecule has 1 saturated heterocycles. The van der Waals surface area contributed by atoms with Crippen LogP contribution in [-0.2, 0) is 11.0 Å². The fourth-order valence-electron chi connectivity index (χ4n) is 2.50. The molecule has 2 aromatic rings. The van der Waals surface area contributed by atoms with Crippen molar-refractivity contribution in [3.05, 3.63) is 30.0 Å². The van der Waals surface area contributed by atoms with Crippen molar-refractivity contribution in [1.82, 2.24) is 9.88 Å². The van der Waals surface area contributed by atoms with Crippen molar-refractivity contribution in [2.45, 2.75) is 12.8 Å². The summed E-state index contributed by atoms with van der Waals surface area (Å²) in [5.41, 5.74) is 1.85. The van der Waals surface area contributed by atoms with Gasteiger partial charge in [-0.3, -0.25) is 9.79 Å². The smallest absolute Gasteiger partial charge is 0.404 e. The van der Waals surface area contributed by atoms with E-state index in [1.54, 1.807) is 12.1 Å². The lowest BCUT2D eigenvalue weighted by Gasteiger charge is -2.30. The molecule has 20 heavy (non-hydrogen) atoms. The number of nitrogens with one attached hydrogen (secondary N) is 1. The van der Waals surface area contributed by atoms with Gasteiger partial charge in [0.2, 0.25) is 0 Å². The third-order valence-corrected chi connectivity index (χ3v) is 4.05. The Morgan fingerprint density at radius 3 is 2.80 bits per heavy atom. The average molecular weight is 296 g/mol. The van der Waals surface area contributed by atoms with Crippen LogP contribution >= 0.6 is 7.82 Å². The summed E-state index contributed by atoms with van der Waals surface area (Å²) in [6, 6.07) is 5.17. The molecule has 1 aromatic heterocycles. The van der Waals surface area contributed by atoms with Crippen molar-refractivity contribution in [3.63, 3.8) is 0 Å². The molecule has 0 amide bonds. The molecule has 3 rings (SSSR count). The van der Waals surface area contributed by atoms with E-state index in [1.165, 1.54) is 6.42 Å². The Kier molecular flexibility index (Phi) is 3.56. The summed E-state index contributed by atoms with van der Waals surface area (Å²) in [5.74, 6) is 0.232. The zero-order chi connectivity index (χ0) is 14.2. The summed E-state index contributed by atoms with van der Waals surface area (Å²) in [5, 5.41) is 0.761. The fourth-order valence-corrected chi connectivity index (χ4v) is 2.91. The van der Waals surface area contributed by atoms with Gasteiger partial charge in [0, 0.05) is 23.6 Å². The Morgan fingerprint density at radius 2 is 2.15 bits per heavy atom. The first-order valence-corrected chi connectivity index (χ1v) is 8.12. The van der Waals surface area contributed by atoms with Crippen molar-refractivity contribution in [2.75, 3.05) is 19.6 Å². The van der Waals surface area contributed by atoms with E-state index < -0.39 is 7.82 Å². The molecule has 3 N–H and O–H groups in total. The Bertz CT molecular complexity index is 659. The molecule has 0 saturated carbocycles. The number of phosphoric ester groups is 1. The predicted molar refractivity (Wildman–Crippen MR) is 75.7 cm³/mol. The molecule has 2 heterocycles. The van der Waals surface area contributed by atoms with E-state index in [0.29, 0.717) is 0 Å². The number of fused-ring (bicyclic) bond motifs is 1. The summed E-state index contributed by atoms with van der Waals surface area (Å²) in [7, 11) is -4.54. The normalized spacial score (nSPS) is 16.3. The number of H-pyrrole nitrogens is 1. The highest BCUT2D eigenvalue weighted by molar-refractivity contribution is 7.46. The highest BCUT2D eigenvalue weighted by atomic mass is 31.2. The molecule has 0 unspecified atom stereocenters. The molecule has 0 bridgehead atoms. The van der Waals surface area contributed by atoms with Gasteiger partial charge in [-0.15, -0.1) is 0 Å². The number of benzene rings is 1. The zero-order valence-corrected chi connectivity index (χ0v) is 11.8. The maximum Gasteiger partial charge on any atom is 0.524 e. The van der Waals surface area contributed by atoms with Crippen molar-refractivity contribution < 1.29 is 18.9 Å². The van der Waals surface area contributed by atoms with Crippen molar-refractivity contribution in [3.8, 4) is 5.75 Å². The second kappa shape index (κ2) is 5.22. The molecule has 0 atom stereocenters. The van der Waals surface area contributed by atoms with Crippen LogP contribution in [0, 0.1) is 0 Å². The third kappa shape index (κ3) is 2.88. The van der Waals surface area contributed by atoms with Crippen LogP contribution in [0.2, 0.25) is 0 Å². The van der Waals surface area contributed by atoms with E-state index in [2.05, 4.69) is 9.88 Å². The van der Waals surface area contributed by atoms with Crippen LogP contribution in [0.5, 0.6) is 5.75 Å². The van der Waals surface area contributed by atoms with E-state index in [-0.39, 0.29) is 5.75 Å². The monoisotopic (exact) mass is 296 g/mol. The highest BCUT2D eigenvalue weighted by Gasteiger charge is 2.20. The summed E-state index contributed by atoms with van der Waals surface area (Å²) < 4.78 is 15.8. The van der Waals surface area contributed by atoms with Crippen LogP contribution in [-0.4, -0.2) is 39.3 Å². The van der Waals surface area contributed by atoms with Gasteiger partial charge in [0.1, 0.15) is 5.75 Å². The second-order valence-electron chi connectivity index (χ2n) is 5.02. The first-order valence-electron chi connectivity index (χ1n) is 6.59. The first kappa shape index (κ1) is 13.6. The Hall–Kier alpha value is -1.33. The zero-order valence-electron chi connectivity index (χ0n) is 11.0. The van der Waals surface area contributed by atoms with Gasteiger partial charge in [-0.25, -0.2) is 4.57 Å². The number of aromatic nitrogens is 1. The quantitative estimate of drug-likeness (QED) is 0.734. The average Bonchev–Trinajstić information content (AvgIpc) is 2.70. The molecule has 6 nitrogen and oxygen atoms in total. The number of phosphoric acid groups is 1. The van der Waals surface area contributed by atoms with Crippen LogP contribution < -0.4 is 4.52 Å². The minimum absolute atomic E-state index is 0.232. The Balaban J connectivity index is 1.89. The number of rotatable bonds is 5. The van der Waals surface area contributed by atoms with Gasteiger partial charge < -0.3 is 14.4 Å². The van der Waals surface area contributed by atoms with Crippen LogP contribution in [0.4, 0.5) is 0 Å². The number of hydrogen-bond acceptors (Lipinski definition) is 3.